The number of nitrogens with zero attached hydrogens (tertiary/aromatic N) is 1. The molecule has 0 bridgehead atoms. The number of carbonyl (C=O) groups excluding carboxylic acids is 1. The van der Waals surface area contributed by atoms with Crippen molar-refractivity contribution < 1.29 is 14.5 Å². The minimum absolute atomic E-state index is 0.0489. The van der Waals surface area contributed by atoms with E-state index in [0.29, 0.717) is 12.4 Å². The average molecular weight is 460 g/mol. The molecular weight excluding hydrogens is 439 g/mol. The van der Waals surface area contributed by atoms with Gasteiger partial charge < -0.3 is 10.1 Å². The fourth-order valence-electron chi connectivity index (χ4n) is 2.62. The first-order chi connectivity index (χ1) is 13.8. The largest absolute Gasteiger partial charge is 0.490 e. The molecule has 0 radical (unpaired) electrons. The zero-order chi connectivity index (χ0) is 21.4. The number of non-ortho nitro benzene ring substituents is 1. The lowest BCUT2D eigenvalue weighted by Crippen LogP contribution is -2.12. The Morgan fingerprint density at radius 1 is 1.03 bits per heavy atom. The average Bonchev–Trinajstić information content (AvgIpc) is 2.67. The zero-order valence-electron chi connectivity index (χ0n) is 15.8. The molecule has 2 aromatic rings. The highest BCUT2D eigenvalue weighted by Gasteiger charge is 2.16. The Balaban J connectivity index is 2.03. The summed E-state index contributed by atoms with van der Waals surface area (Å²) in [6, 6.07) is 6.67. The maximum absolute atomic E-state index is 12.5. The molecule has 0 heterocycles. The molecule has 0 unspecified atom stereocenters. The van der Waals surface area contributed by atoms with Crippen molar-refractivity contribution >= 4 is 52.1 Å². The molecule has 0 saturated carbocycles. The number of nitro benzene ring substituents is 1. The predicted molar refractivity (Wildman–Crippen MR) is 117 cm³/mol. The van der Waals surface area contributed by atoms with Gasteiger partial charge in [0, 0.05) is 17.7 Å². The number of nitrogens with one attached hydrogen (secondary N) is 1. The molecule has 2 aromatic carbocycles. The summed E-state index contributed by atoms with van der Waals surface area (Å²) in [5, 5.41) is 13.9. The quantitative estimate of drug-likeness (QED) is 0.232. The first kappa shape index (κ1) is 23.3. The number of hydrogen-bond donors (Lipinski definition) is 1. The molecule has 0 aromatic heterocycles. The van der Waals surface area contributed by atoms with E-state index in [-0.39, 0.29) is 32.0 Å². The second kappa shape index (κ2) is 11.2. The third-order valence-electron chi connectivity index (χ3n) is 4.17. The van der Waals surface area contributed by atoms with Crippen LogP contribution < -0.4 is 10.1 Å². The van der Waals surface area contributed by atoms with Crippen LogP contribution in [0, 0.1) is 10.1 Å². The van der Waals surface area contributed by atoms with Crippen LogP contribution in [0.3, 0.4) is 0 Å². The highest BCUT2D eigenvalue weighted by Crippen LogP contribution is 2.35. The molecule has 156 valence electrons. The Morgan fingerprint density at radius 2 is 1.69 bits per heavy atom. The van der Waals surface area contributed by atoms with Crippen molar-refractivity contribution in [2.24, 2.45) is 0 Å². The number of nitro groups is 1. The molecule has 1 N–H and O–H groups in total. The molecule has 0 spiro atoms. The molecule has 0 fully saturated rings. The van der Waals surface area contributed by atoms with Crippen LogP contribution in [-0.2, 0) is 0 Å². The van der Waals surface area contributed by atoms with Gasteiger partial charge in [0.2, 0.25) is 0 Å². The van der Waals surface area contributed by atoms with Gasteiger partial charge in [-0.05, 0) is 24.6 Å². The molecule has 9 heteroatoms. The van der Waals surface area contributed by atoms with Crippen LogP contribution in [0.5, 0.6) is 5.75 Å². The molecule has 1 amide bonds. The van der Waals surface area contributed by atoms with Crippen molar-refractivity contribution in [3.8, 4) is 5.75 Å². The third kappa shape index (κ3) is 6.77. The van der Waals surface area contributed by atoms with Gasteiger partial charge in [-0.25, -0.2) is 0 Å². The van der Waals surface area contributed by atoms with Crippen LogP contribution in [0.25, 0.3) is 0 Å². The van der Waals surface area contributed by atoms with Gasteiger partial charge >= 0.3 is 0 Å². The van der Waals surface area contributed by atoms with Gasteiger partial charge in [0.1, 0.15) is 0 Å². The second-order valence-corrected chi connectivity index (χ2v) is 7.63. The molecule has 0 saturated heterocycles. The summed E-state index contributed by atoms with van der Waals surface area (Å²) >= 11 is 18.5. The van der Waals surface area contributed by atoms with Crippen LogP contribution >= 0.6 is 34.8 Å². The number of rotatable bonds is 10. The second-order valence-electron chi connectivity index (χ2n) is 6.41. The number of ether oxygens (including phenoxy) is 1. The molecule has 29 heavy (non-hydrogen) atoms. The smallest absolute Gasteiger partial charge is 0.271 e. The lowest BCUT2D eigenvalue weighted by Gasteiger charge is -2.12. The fraction of sp³-hybridized carbons (Fsp3) is 0.350. The summed E-state index contributed by atoms with van der Waals surface area (Å²) in [4.78, 5) is 22.7. The number of carbonyl (C=O) groups is 1. The van der Waals surface area contributed by atoms with Crippen molar-refractivity contribution in [2.75, 3.05) is 11.9 Å². The highest BCUT2D eigenvalue weighted by atomic mass is 35.5. The van der Waals surface area contributed by atoms with Gasteiger partial charge in [0.15, 0.2) is 5.75 Å². The van der Waals surface area contributed by atoms with Crippen molar-refractivity contribution in [1.29, 1.82) is 0 Å². The Bertz CT molecular complexity index is 867. The first-order valence-corrected chi connectivity index (χ1v) is 10.3. The highest BCUT2D eigenvalue weighted by molar-refractivity contribution is 6.38. The van der Waals surface area contributed by atoms with Gasteiger partial charge in [-0.2, -0.15) is 0 Å². The summed E-state index contributed by atoms with van der Waals surface area (Å²) in [5.74, 6) is -0.163. The van der Waals surface area contributed by atoms with E-state index in [1.165, 1.54) is 37.1 Å². The number of unbranched alkanes of at least 4 members (excludes halogenated alkanes) is 4. The van der Waals surface area contributed by atoms with Gasteiger partial charge in [-0.15, -0.1) is 0 Å². The molecule has 0 aliphatic carbocycles. The Labute approximate surface area is 184 Å². The van der Waals surface area contributed by atoms with Crippen LogP contribution in [0.2, 0.25) is 15.1 Å². The third-order valence-corrected chi connectivity index (χ3v) is 5.04. The molecule has 6 nitrogen and oxygen atoms in total. The van der Waals surface area contributed by atoms with Gasteiger partial charge in [0.05, 0.1) is 32.3 Å². The van der Waals surface area contributed by atoms with Crippen molar-refractivity contribution in [3.05, 3.63) is 61.1 Å². The summed E-state index contributed by atoms with van der Waals surface area (Å²) in [6.07, 6.45) is 5.50. The van der Waals surface area contributed by atoms with E-state index >= 15 is 0 Å². The van der Waals surface area contributed by atoms with Crippen LogP contribution in [0.15, 0.2) is 30.3 Å². The topological polar surface area (TPSA) is 81.5 Å². The molecule has 0 atom stereocenters. The first-order valence-electron chi connectivity index (χ1n) is 9.20. The normalized spacial score (nSPS) is 10.6. The van der Waals surface area contributed by atoms with Crippen molar-refractivity contribution in [3.63, 3.8) is 0 Å². The van der Waals surface area contributed by atoms with E-state index in [0.717, 1.165) is 25.3 Å². The fourth-order valence-corrected chi connectivity index (χ4v) is 3.44. The van der Waals surface area contributed by atoms with Gasteiger partial charge in [-0.3, -0.25) is 14.9 Å². The van der Waals surface area contributed by atoms with E-state index in [2.05, 4.69) is 12.2 Å². The monoisotopic (exact) mass is 458 g/mol. The van der Waals surface area contributed by atoms with Crippen LogP contribution in [-0.4, -0.2) is 17.4 Å². The summed E-state index contributed by atoms with van der Waals surface area (Å²) < 4.78 is 5.67. The number of hydrogen-bond acceptors (Lipinski definition) is 4. The van der Waals surface area contributed by atoms with Gasteiger partial charge in [0.25, 0.3) is 11.6 Å². The summed E-state index contributed by atoms with van der Waals surface area (Å²) in [5.41, 5.74) is 0.280. The number of amides is 1. The van der Waals surface area contributed by atoms with E-state index in [4.69, 9.17) is 39.5 Å². The Kier molecular flexibility index (Phi) is 9.01. The SMILES string of the molecule is CCCCCCCOc1c(Cl)cc(C(=O)Nc2ccc([N+](=O)[O-])cc2Cl)cc1Cl. The van der Waals surface area contributed by atoms with E-state index in [9.17, 15) is 14.9 Å². The van der Waals surface area contributed by atoms with E-state index in [1.54, 1.807) is 0 Å². The number of anilines is 1. The predicted octanol–water partition coefficient (Wildman–Crippen LogP) is 7.16. The standard InChI is InChI=1S/C20H21Cl3N2O4/c1-2-3-4-5-6-9-29-19-16(22)10-13(11-17(19)23)20(26)24-18-8-7-14(25(27)28)12-15(18)21/h7-8,10-12H,2-6,9H2,1H3,(H,24,26). The maximum Gasteiger partial charge on any atom is 0.271 e. The lowest BCUT2D eigenvalue weighted by molar-refractivity contribution is -0.384. The number of halogens is 3. The van der Waals surface area contributed by atoms with Gasteiger partial charge in [-0.1, -0.05) is 67.4 Å². The van der Waals surface area contributed by atoms with Crippen LogP contribution in [0.4, 0.5) is 11.4 Å². The summed E-state index contributed by atoms with van der Waals surface area (Å²) in [6.45, 7) is 2.65. The minimum atomic E-state index is -0.570. The summed E-state index contributed by atoms with van der Waals surface area (Å²) in [7, 11) is 0. The van der Waals surface area contributed by atoms with E-state index < -0.39 is 10.8 Å². The van der Waals surface area contributed by atoms with Crippen molar-refractivity contribution in [1.82, 2.24) is 0 Å². The molecule has 0 aliphatic heterocycles. The van der Waals surface area contributed by atoms with Crippen LogP contribution in [0.1, 0.15) is 49.4 Å². The Morgan fingerprint density at radius 3 is 2.28 bits per heavy atom. The molecule has 2 rings (SSSR count). The minimum Gasteiger partial charge on any atom is -0.490 e. The molecule has 0 aliphatic rings. The van der Waals surface area contributed by atoms with E-state index in [1.807, 2.05) is 0 Å². The molecular formula is C20H21Cl3N2O4. The zero-order valence-corrected chi connectivity index (χ0v) is 18.1. The maximum atomic E-state index is 12.5. The number of benzene rings is 2. The van der Waals surface area contributed by atoms with Crippen molar-refractivity contribution in [2.45, 2.75) is 39.0 Å². The lowest BCUT2D eigenvalue weighted by atomic mass is 10.1. The Hall–Kier alpha value is -2.02.